The molecule has 4 atom stereocenters. The van der Waals surface area contributed by atoms with Gasteiger partial charge in [0.15, 0.2) is 0 Å². The minimum Gasteiger partial charge on any atom is -0.481 e. The molecule has 0 aliphatic carbocycles. The van der Waals surface area contributed by atoms with Crippen molar-refractivity contribution in [2.24, 2.45) is 11.8 Å². The summed E-state index contributed by atoms with van der Waals surface area (Å²) in [4.78, 5) is 23.7. The van der Waals surface area contributed by atoms with E-state index in [1.165, 1.54) is 0 Å². The number of halogens is 1. The average molecular weight is 296 g/mol. The van der Waals surface area contributed by atoms with E-state index in [2.05, 4.69) is 5.32 Å². The van der Waals surface area contributed by atoms with Crippen molar-refractivity contribution in [1.82, 2.24) is 0 Å². The van der Waals surface area contributed by atoms with Crippen LogP contribution in [0.15, 0.2) is 24.3 Å². The molecule has 106 valence electrons. The minimum absolute atomic E-state index is 0.302. The third-order valence-electron chi connectivity index (χ3n) is 3.99. The zero-order chi connectivity index (χ0) is 14.3. The molecule has 3 rings (SSSR count). The molecule has 2 bridgehead atoms. The summed E-state index contributed by atoms with van der Waals surface area (Å²) in [5.41, 5.74) is 0.492. The smallest absolute Gasteiger partial charge is 0.310 e. The predicted octanol–water partition coefficient (Wildman–Crippen LogP) is 2.16. The zero-order valence-electron chi connectivity index (χ0n) is 10.6. The maximum Gasteiger partial charge on any atom is 0.310 e. The molecule has 1 aromatic rings. The monoisotopic (exact) mass is 295 g/mol. The van der Waals surface area contributed by atoms with E-state index in [4.69, 9.17) is 16.3 Å². The van der Waals surface area contributed by atoms with Gasteiger partial charge in [-0.15, -0.1) is 0 Å². The van der Waals surface area contributed by atoms with Crippen LogP contribution in [0.2, 0.25) is 5.02 Å². The summed E-state index contributed by atoms with van der Waals surface area (Å²) in [5.74, 6) is -2.73. The molecule has 6 heteroatoms. The van der Waals surface area contributed by atoms with Crippen LogP contribution in [0.3, 0.4) is 0 Å². The number of hydrogen-bond acceptors (Lipinski definition) is 3. The number of aliphatic carboxylic acids is 1. The molecule has 2 N–H and O–H groups in total. The van der Waals surface area contributed by atoms with Gasteiger partial charge in [-0.3, -0.25) is 9.59 Å². The largest absolute Gasteiger partial charge is 0.481 e. The van der Waals surface area contributed by atoms with Gasteiger partial charge in [0.05, 0.1) is 34.8 Å². The van der Waals surface area contributed by atoms with Gasteiger partial charge < -0.3 is 15.2 Å². The molecule has 2 aliphatic rings. The molecule has 2 heterocycles. The van der Waals surface area contributed by atoms with Crippen molar-refractivity contribution >= 4 is 29.2 Å². The van der Waals surface area contributed by atoms with E-state index in [0.29, 0.717) is 17.1 Å². The van der Waals surface area contributed by atoms with Gasteiger partial charge in [-0.05, 0) is 25.0 Å². The van der Waals surface area contributed by atoms with E-state index >= 15 is 0 Å². The third-order valence-corrected chi connectivity index (χ3v) is 4.32. The van der Waals surface area contributed by atoms with Gasteiger partial charge in [0.1, 0.15) is 0 Å². The highest BCUT2D eigenvalue weighted by Gasteiger charge is 2.55. The van der Waals surface area contributed by atoms with Crippen molar-refractivity contribution in [2.75, 3.05) is 5.32 Å². The standard InChI is InChI=1S/C14H14ClNO4/c15-7-3-1-2-4-8(7)16-13(17)11-9-5-6-10(20-9)12(11)14(18)19/h1-4,9-12H,5-6H2,(H,16,17)(H,18,19)/t9-,10-,11+,12-/m0/s1. The zero-order valence-corrected chi connectivity index (χ0v) is 11.3. The van der Waals surface area contributed by atoms with Crippen LogP contribution in [0.25, 0.3) is 0 Å². The van der Waals surface area contributed by atoms with Crippen molar-refractivity contribution < 1.29 is 19.4 Å². The van der Waals surface area contributed by atoms with E-state index in [1.54, 1.807) is 24.3 Å². The maximum atomic E-state index is 12.4. The van der Waals surface area contributed by atoms with E-state index in [0.717, 1.165) is 6.42 Å². The summed E-state index contributed by atoms with van der Waals surface area (Å²) >= 11 is 5.99. The molecule has 2 saturated heterocycles. The lowest BCUT2D eigenvalue weighted by Crippen LogP contribution is -2.40. The number of benzene rings is 1. The molecular weight excluding hydrogens is 282 g/mol. The Kier molecular flexibility index (Phi) is 3.40. The highest BCUT2D eigenvalue weighted by molar-refractivity contribution is 6.33. The molecule has 0 saturated carbocycles. The van der Waals surface area contributed by atoms with Crippen molar-refractivity contribution in [3.8, 4) is 0 Å². The maximum absolute atomic E-state index is 12.4. The SMILES string of the molecule is O=C(O)[C@@H]1[C@H](C(=O)Nc2ccccc2Cl)[C@@H]2CC[C@@H]1O2. The Labute approximate surface area is 120 Å². The fraction of sp³-hybridized carbons (Fsp3) is 0.429. The fourth-order valence-corrected chi connectivity index (χ4v) is 3.29. The number of rotatable bonds is 3. The molecule has 0 radical (unpaired) electrons. The first-order valence-electron chi connectivity index (χ1n) is 6.51. The van der Waals surface area contributed by atoms with Gasteiger partial charge in [0.25, 0.3) is 0 Å². The summed E-state index contributed by atoms with van der Waals surface area (Å²) in [6.45, 7) is 0. The second kappa shape index (κ2) is 5.07. The molecule has 20 heavy (non-hydrogen) atoms. The fourth-order valence-electron chi connectivity index (χ4n) is 3.10. The van der Waals surface area contributed by atoms with Crippen LogP contribution < -0.4 is 5.32 Å². The molecule has 2 aliphatic heterocycles. The number of carbonyl (C=O) groups is 2. The van der Waals surface area contributed by atoms with E-state index in [-0.39, 0.29) is 18.1 Å². The topological polar surface area (TPSA) is 75.6 Å². The molecule has 0 unspecified atom stereocenters. The van der Waals surface area contributed by atoms with Gasteiger partial charge in [0.2, 0.25) is 5.91 Å². The summed E-state index contributed by atoms with van der Waals surface area (Å²) < 4.78 is 5.57. The van der Waals surface area contributed by atoms with Crippen molar-refractivity contribution in [3.63, 3.8) is 0 Å². The molecular formula is C14H14ClNO4. The highest BCUT2D eigenvalue weighted by atomic mass is 35.5. The Hall–Kier alpha value is -1.59. The number of nitrogens with one attached hydrogen (secondary N) is 1. The molecule has 0 aromatic heterocycles. The Balaban J connectivity index is 1.80. The lowest BCUT2D eigenvalue weighted by molar-refractivity contribution is -0.147. The summed E-state index contributed by atoms with van der Waals surface area (Å²) in [7, 11) is 0. The van der Waals surface area contributed by atoms with Gasteiger partial charge in [0, 0.05) is 0 Å². The molecule has 1 aromatic carbocycles. The number of carboxylic acid groups (broad SMARTS) is 1. The predicted molar refractivity (Wildman–Crippen MR) is 72.6 cm³/mol. The number of anilines is 1. The van der Waals surface area contributed by atoms with Gasteiger partial charge in [-0.25, -0.2) is 0 Å². The molecule has 5 nitrogen and oxygen atoms in total. The van der Waals surface area contributed by atoms with Crippen LogP contribution in [-0.2, 0) is 14.3 Å². The summed E-state index contributed by atoms with van der Waals surface area (Å²) in [6, 6.07) is 6.87. The second-order valence-corrected chi connectivity index (χ2v) is 5.56. The first kappa shape index (κ1) is 13.4. The highest BCUT2D eigenvalue weighted by Crippen LogP contribution is 2.44. The molecule has 0 spiro atoms. The Bertz CT molecular complexity index is 562. The molecule has 2 fully saturated rings. The van der Waals surface area contributed by atoms with Crippen LogP contribution in [0.1, 0.15) is 12.8 Å². The van der Waals surface area contributed by atoms with Crippen LogP contribution in [-0.4, -0.2) is 29.2 Å². The Morgan fingerprint density at radius 2 is 1.85 bits per heavy atom. The number of carbonyl (C=O) groups excluding carboxylic acids is 1. The number of ether oxygens (including phenoxy) is 1. The summed E-state index contributed by atoms with van der Waals surface area (Å²) in [6.07, 6.45) is 0.787. The second-order valence-electron chi connectivity index (χ2n) is 5.15. The Morgan fingerprint density at radius 1 is 1.20 bits per heavy atom. The van der Waals surface area contributed by atoms with Crippen LogP contribution >= 0.6 is 11.6 Å². The van der Waals surface area contributed by atoms with E-state index < -0.39 is 17.8 Å². The van der Waals surface area contributed by atoms with Crippen LogP contribution in [0, 0.1) is 11.8 Å². The first-order chi connectivity index (χ1) is 9.58. The first-order valence-corrected chi connectivity index (χ1v) is 6.89. The van der Waals surface area contributed by atoms with Crippen molar-refractivity contribution in [1.29, 1.82) is 0 Å². The number of carboxylic acids is 1. The number of amides is 1. The van der Waals surface area contributed by atoms with Crippen LogP contribution in [0.5, 0.6) is 0 Å². The lowest BCUT2D eigenvalue weighted by atomic mass is 9.78. The van der Waals surface area contributed by atoms with Crippen molar-refractivity contribution in [2.45, 2.75) is 25.0 Å². The number of fused-ring (bicyclic) bond motifs is 2. The minimum atomic E-state index is -0.975. The number of para-hydroxylation sites is 1. The van der Waals surface area contributed by atoms with Gasteiger partial charge in [-0.2, -0.15) is 0 Å². The van der Waals surface area contributed by atoms with E-state index in [1.807, 2.05) is 0 Å². The van der Waals surface area contributed by atoms with Crippen LogP contribution in [0.4, 0.5) is 5.69 Å². The number of hydrogen-bond donors (Lipinski definition) is 2. The van der Waals surface area contributed by atoms with Crippen molar-refractivity contribution in [3.05, 3.63) is 29.3 Å². The Morgan fingerprint density at radius 3 is 2.50 bits per heavy atom. The third kappa shape index (κ3) is 2.17. The van der Waals surface area contributed by atoms with E-state index in [9.17, 15) is 14.7 Å². The molecule has 1 amide bonds. The lowest BCUT2D eigenvalue weighted by Gasteiger charge is -2.24. The van der Waals surface area contributed by atoms with Gasteiger partial charge in [-0.1, -0.05) is 23.7 Å². The average Bonchev–Trinajstić information content (AvgIpc) is 3.01. The normalized spacial score (nSPS) is 31.2. The quantitative estimate of drug-likeness (QED) is 0.896. The van der Waals surface area contributed by atoms with Gasteiger partial charge >= 0.3 is 5.97 Å². The summed E-state index contributed by atoms with van der Waals surface area (Å²) in [5, 5.41) is 12.4.